The quantitative estimate of drug-likeness (QED) is 0.343. The predicted molar refractivity (Wildman–Crippen MR) is 58.4 cm³/mol. The maximum atomic E-state index is 10.5. The van der Waals surface area contributed by atoms with Gasteiger partial charge in [-0.25, -0.2) is 4.79 Å². The SMILES string of the molecule is O=C(O)CCCCCCCC(C(=O)O)[N+](=O)[O-]. The lowest BCUT2D eigenvalue weighted by molar-refractivity contribution is -0.511. The van der Waals surface area contributed by atoms with Crippen molar-refractivity contribution in [1.82, 2.24) is 0 Å². The van der Waals surface area contributed by atoms with Gasteiger partial charge in [0.1, 0.15) is 0 Å². The Morgan fingerprint density at radius 3 is 2.06 bits per heavy atom. The maximum absolute atomic E-state index is 10.5. The van der Waals surface area contributed by atoms with Crippen LogP contribution in [0.25, 0.3) is 0 Å². The van der Waals surface area contributed by atoms with Crippen LogP contribution in [0.1, 0.15) is 44.9 Å². The Kier molecular flexibility index (Phi) is 7.66. The highest BCUT2D eigenvalue weighted by molar-refractivity contribution is 5.71. The molecular weight excluding hydrogens is 230 g/mol. The summed E-state index contributed by atoms with van der Waals surface area (Å²) in [6, 6.07) is -1.52. The second kappa shape index (κ2) is 8.49. The topological polar surface area (TPSA) is 118 Å². The molecule has 98 valence electrons. The average molecular weight is 247 g/mol. The van der Waals surface area contributed by atoms with E-state index in [1.807, 2.05) is 0 Å². The highest BCUT2D eigenvalue weighted by Gasteiger charge is 2.27. The zero-order chi connectivity index (χ0) is 13.3. The van der Waals surface area contributed by atoms with Gasteiger partial charge in [0.25, 0.3) is 0 Å². The van der Waals surface area contributed by atoms with E-state index in [1.165, 1.54) is 0 Å². The van der Waals surface area contributed by atoms with Gasteiger partial charge < -0.3 is 10.2 Å². The first-order chi connectivity index (χ1) is 7.95. The van der Waals surface area contributed by atoms with Crippen molar-refractivity contribution in [3.8, 4) is 0 Å². The van der Waals surface area contributed by atoms with Crippen molar-refractivity contribution in [1.29, 1.82) is 0 Å². The smallest absolute Gasteiger partial charge is 0.379 e. The molecule has 0 radical (unpaired) electrons. The van der Waals surface area contributed by atoms with Crippen LogP contribution in [0.5, 0.6) is 0 Å². The molecule has 0 aromatic heterocycles. The van der Waals surface area contributed by atoms with E-state index < -0.39 is 22.9 Å². The van der Waals surface area contributed by atoms with Gasteiger partial charge in [-0.3, -0.25) is 14.9 Å². The highest BCUT2D eigenvalue weighted by atomic mass is 16.6. The number of unbranched alkanes of at least 4 members (excludes halogenated alkanes) is 4. The van der Waals surface area contributed by atoms with Crippen LogP contribution >= 0.6 is 0 Å². The van der Waals surface area contributed by atoms with Gasteiger partial charge in [0.2, 0.25) is 0 Å². The standard InChI is InChI=1S/C10H17NO6/c12-9(13)7-5-3-1-2-4-6-8(10(14)15)11(16)17/h8H,1-7H2,(H,12,13)(H,14,15). The molecule has 0 aromatic carbocycles. The zero-order valence-electron chi connectivity index (χ0n) is 9.50. The summed E-state index contributed by atoms with van der Waals surface area (Å²) in [4.78, 5) is 30.2. The molecule has 0 rings (SSSR count). The number of carbonyl (C=O) groups is 2. The molecule has 0 amide bonds. The van der Waals surface area contributed by atoms with E-state index in [9.17, 15) is 19.7 Å². The molecule has 0 aliphatic heterocycles. The van der Waals surface area contributed by atoms with Crippen molar-refractivity contribution in [2.45, 2.75) is 51.0 Å². The Morgan fingerprint density at radius 1 is 1.06 bits per heavy atom. The Morgan fingerprint density at radius 2 is 1.59 bits per heavy atom. The average Bonchev–Trinajstić information content (AvgIpc) is 2.20. The third-order valence-corrected chi connectivity index (χ3v) is 2.41. The van der Waals surface area contributed by atoms with E-state index in [0.717, 1.165) is 12.8 Å². The first-order valence-electron chi connectivity index (χ1n) is 5.53. The lowest BCUT2D eigenvalue weighted by Crippen LogP contribution is -2.28. The number of carboxylic acid groups (broad SMARTS) is 2. The van der Waals surface area contributed by atoms with Gasteiger partial charge in [-0.15, -0.1) is 0 Å². The minimum Gasteiger partial charge on any atom is -0.481 e. The van der Waals surface area contributed by atoms with Crippen molar-refractivity contribution in [3.05, 3.63) is 10.1 Å². The van der Waals surface area contributed by atoms with Crippen LogP contribution in [0.3, 0.4) is 0 Å². The molecule has 1 unspecified atom stereocenters. The molecule has 0 aliphatic rings. The van der Waals surface area contributed by atoms with Crippen LogP contribution in [0.2, 0.25) is 0 Å². The summed E-state index contributed by atoms with van der Waals surface area (Å²) in [5.74, 6) is -2.23. The third-order valence-electron chi connectivity index (χ3n) is 2.41. The molecule has 0 fully saturated rings. The third kappa shape index (κ3) is 8.18. The lowest BCUT2D eigenvalue weighted by atomic mass is 10.1. The summed E-state index contributed by atoms with van der Waals surface area (Å²) in [5.41, 5.74) is 0. The molecule has 0 saturated heterocycles. The minimum absolute atomic E-state index is 0.0290. The van der Waals surface area contributed by atoms with E-state index in [2.05, 4.69) is 0 Å². The Hall–Kier alpha value is -1.66. The molecule has 0 spiro atoms. The summed E-state index contributed by atoms with van der Waals surface area (Å²) in [7, 11) is 0. The Balaban J connectivity index is 3.53. The number of rotatable bonds is 10. The number of carboxylic acids is 2. The molecule has 17 heavy (non-hydrogen) atoms. The summed E-state index contributed by atoms with van der Waals surface area (Å²) < 4.78 is 0. The van der Waals surface area contributed by atoms with E-state index in [-0.39, 0.29) is 12.8 Å². The van der Waals surface area contributed by atoms with Gasteiger partial charge in [0, 0.05) is 17.8 Å². The van der Waals surface area contributed by atoms with E-state index >= 15 is 0 Å². The Labute approximate surface area is 98.6 Å². The van der Waals surface area contributed by atoms with Gasteiger partial charge >= 0.3 is 18.0 Å². The fraction of sp³-hybridized carbons (Fsp3) is 0.800. The van der Waals surface area contributed by atoms with Gasteiger partial charge in [-0.05, 0) is 12.8 Å². The van der Waals surface area contributed by atoms with Crippen LogP contribution in [-0.4, -0.2) is 33.1 Å². The second-order valence-electron chi connectivity index (χ2n) is 3.84. The minimum atomic E-state index is -1.52. The second-order valence-corrected chi connectivity index (χ2v) is 3.84. The van der Waals surface area contributed by atoms with Crippen LogP contribution in [0, 0.1) is 10.1 Å². The lowest BCUT2D eigenvalue weighted by Gasteiger charge is -2.04. The fourth-order valence-electron chi connectivity index (χ4n) is 1.46. The summed E-state index contributed by atoms with van der Waals surface area (Å²) in [5, 5.41) is 27.3. The van der Waals surface area contributed by atoms with Gasteiger partial charge in [0.15, 0.2) is 0 Å². The van der Waals surface area contributed by atoms with Crippen LogP contribution in [0.15, 0.2) is 0 Å². The van der Waals surface area contributed by atoms with Gasteiger partial charge in [-0.2, -0.15) is 0 Å². The molecule has 7 nitrogen and oxygen atoms in total. The predicted octanol–water partition coefficient (Wildman–Crippen LogP) is 1.53. The maximum Gasteiger partial charge on any atom is 0.379 e. The summed E-state index contributed by atoms with van der Waals surface area (Å²) in [6.45, 7) is 0. The molecule has 7 heteroatoms. The number of hydrogen-bond acceptors (Lipinski definition) is 4. The molecule has 2 N–H and O–H groups in total. The molecular formula is C10H17NO6. The number of aliphatic carboxylic acids is 2. The highest BCUT2D eigenvalue weighted by Crippen LogP contribution is 2.10. The molecule has 0 aliphatic carbocycles. The van der Waals surface area contributed by atoms with Gasteiger partial charge in [-0.1, -0.05) is 19.3 Å². The van der Waals surface area contributed by atoms with Crippen molar-refractivity contribution >= 4 is 11.9 Å². The number of nitro groups is 1. The van der Waals surface area contributed by atoms with Crippen molar-refractivity contribution in [3.63, 3.8) is 0 Å². The normalized spacial score (nSPS) is 12.0. The van der Waals surface area contributed by atoms with Crippen LogP contribution < -0.4 is 0 Å². The number of hydrogen-bond donors (Lipinski definition) is 2. The largest absolute Gasteiger partial charge is 0.481 e. The summed E-state index contributed by atoms with van der Waals surface area (Å²) in [6.07, 6.45) is 3.45. The number of nitrogens with zero attached hydrogens (tertiary/aromatic N) is 1. The van der Waals surface area contributed by atoms with Gasteiger partial charge in [0.05, 0.1) is 0 Å². The first kappa shape index (κ1) is 15.3. The van der Waals surface area contributed by atoms with Crippen molar-refractivity contribution in [2.75, 3.05) is 0 Å². The van der Waals surface area contributed by atoms with Crippen LogP contribution in [-0.2, 0) is 9.59 Å². The molecule has 0 bridgehead atoms. The van der Waals surface area contributed by atoms with Crippen molar-refractivity contribution in [2.24, 2.45) is 0 Å². The molecule has 0 heterocycles. The fourth-order valence-corrected chi connectivity index (χ4v) is 1.46. The zero-order valence-corrected chi connectivity index (χ0v) is 9.50. The summed E-state index contributed by atoms with van der Waals surface area (Å²) >= 11 is 0. The monoisotopic (exact) mass is 247 g/mol. The van der Waals surface area contributed by atoms with E-state index in [0.29, 0.717) is 19.3 Å². The molecule has 0 saturated carbocycles. The van der Waals surface area contributed by atoms with Crippen molar-refractivity contribution < 1.29 is 24.7 Å². The van der Waals surface area contributed by atoms with Crippen LogP contribution in [0.4, 0.5) is 0 Å². The Bertz CT molecular complexity index is 264. The first-order valence-corrected chi connectivity index (χ1v) is 5.53. The molecule has 0 aromatic rings. The van der Waals surface area contributed by atoms with E-state index in [1.54, 1.807) is 0 Å². The van der Waals surface area contributed by atoms with E-state index in [4.69, 9.17) is 10.2 Å². The molecule has 1 atom stereocenters.